The molecule has 0 saturated heterocycles. The lowest BCUT2D eigenvalue weighted by atomic mass is 9.70. The van der Waals surface area contributed by atoms with Gasteiger partial charge in [0.05, 0.1) is 5.41 Å². The summed E-state index contributed by atoms with van der Waals surface area (Å²) < 4.78 is 0. The molecule has 7 rings (SSSR count). The molecule has 0 aliphatic heterocycles. The second-order valence-electron chi connectivity index (χ2n) is 8.84. The first-order chi connectivity index (χ1) is 16.3. The van der Waals surface area contributed by atoms with Crippen LogP contribution in [0.15, 0.2) is 121 Å². The minimum absolute atomic E-state index is 0.0593. The summed E-state index contributed by atoms with van der Waals surface area (Å²) >= 11 is 0. The highest BCUT2D eigenvalue weighted by atomic mass is 16.1. The molecule has 0 aromatic heterocycles. The van der Waals surface area contributed by atoms with Gasteiger partial charge in [0.15, 0.2) is 5.78 Å². The van der Waals surface area contributed by atoms with Crippen LogP contribution < -0.4 is 0 Å². The Morgan fingerprint density at radius 3 is 1.42 bits per heavy atom. The topological polar surface area (TPSA) is 17.1 Å². The molecule has 2 aliphatic rings. The summed E-state index contributed by atoms with van der Waals surface area (Å²) in [5.74, 6) is 0.0593. The summed E-state index contributed by atoms with van der Waals surface area (Å²) in [5, 5.41) is 0. The number of ketones is 1. The van der Waals surface area contributed by atoms with Crippen LogP contribution in [0.1, 0.15) is 38.2 Å². The molecule has 0 N–H and O–H groups in total. The maximum Gasteiger partial charge on any atom is 0.193 e. The molecule has 1 nitrogen and oxygen atoms in total. The van der Waals surface area contributed by atoms with Crippen LogP contribution in [0.4, 0.5) is 0 Å². The maximum absolute atomic E-state index is 13.4. The second kappa shape index (κ2) is 6.63. The highest BCUT2D eigenvalue weighted by molar-refractivity contribution is 6.10. The van der Waals surface area contributed by atoms with Gasteiger partial charge in [0.2, 0.25) is 0 Å². The van der Waals surface area contributed by atoms with Crippen molar-refractivity contribution >= 4 is 5.78 Å². The molecule has 33 heavy (non-hydrogen) atoms. The van der Waals surface area contributed by atoms with Gasteiger partial charge in [0, 0.05) is 11.1 Å². The quantitative estimate of drug-likeness (QED) is 0.269. The van der Waals surface area contributed by atoms with Crippen molar-refractivity contribution in [2.75, 3.05) is 0 Å². The van der Waals surface area contributed by atoms with Crippen LogP contribution >= 0.6 is 0 Å². The number of rotatable bonds is 2. The van der Waals surface area contributed by atoms with Gasteiger partial charge in [-0.25, -0.2) is 0 Å². The third-order valence-corrected chi connectivity index (χ3v) is 7.30. The van der Waals surface area contributed by atoms with Crippen molar-refractivity contribution in [2.45, 2.75) is 5.41 Å². The highest BCUT2D eigenvalue weighted by Gasteiger charge is 2.51. The Morgan fingerprint density at radius 2 is 0.879 bits per heavy atom. The van der Waals surface area contributed by atoms with Gasteiger partial charge in [-0.1, -0.05) is 115 Å². The standard InChI is InChI=1S/C32H20O/c33-31(21-10-2-1-3-11-21)22-18-19-26-25-14-6-9-17-29(25)32(30(26)20-22)27-15-7-4-12-23(27)24-13-5-8-16-28(24)32/h1-20H. The van der Waals surface area contributed by atoms with Crippen molar-refractivity contribution in [1.29, 1.82) is 0 Å². The number of carbonyl (C=O) groups excluding carboxylic acids is 1. The molecule has 0 bridgehead atoms. The zero-order chi connectivity index (χ0) is 22.0. The molecule has 0 atom stereocenters. The molecular weight excluding hydrogens is 400 g/mol. The van der Waals surface area contributed by atoms with E-state index in [4.69, 9.17) is 0 Å². The van der Waals surface area contributed by atoms with Crippen molar-refractivity contribution < 1.29 is 4.79 Å². The first-order valence-corrected chi connectivity index (χ1v) is 11.3. The lowest BCUT2D eigenvalue weighted by Gasteiger charge is -2.30. The van der Waals surface area contributed by atoms with Crippen LogP contribution in [0.5, 0.6) is 0 Å². The Hall–Kier alpha value is -4.23. The maximum atomic E-state index is 13.4. The lowest BCUT2D eigenvalue weighted by molar-refractivity contribution is 0.103. The first kappa shape index (κ1) is 18.4. The Labute approximate surface area is 193 Å². The fraction of sp³-hybridized carbons (Fsp3) is 0.0312. The van der Waals surface area contributed by atoms with E-state index in [2.05, 4.69) is 84.9 Å². The normalized spacial score (nSPS) is 13.8. The third kappa shape index (κ3) is 2.29. The van der Waals surface area contributed by atoms with Gasteiger partial charge in [-0.2, -0.15) is 0 Å². The summed E-state index contributed by atoms with van der Waals surface area (Å²) in [5.41, 5.74) is 11.1. The summed E-state index contributed by atoms with van der Waals surface area (Å²) in [6.07, 6.45) is 0. The van der Waals surface area contributed by atoms with Crippen molar-refractivity contribution in [2.24, 2.45) is 0 Å². The summed E-state index contributed by atoms with van der Waals surface area (Å²) in [7, 11) is 0. The van der Waals surface area contributed by atoms with Crippen molar-refractivity contribution in [3.8, 4) is 22.3 Å². The number of benzene rings is 5. The number of carbonyl (C=O) groups is 1. The Balaban J connectivity index is 1.58. The fourth-order valence-electron chi connectivity index (χ4n) is 5.99. The van der Waals surface area contributed by atoms with Crippen molar-refractivity contribution in [3.63, 3.8) is 0 Å². The molecule has 5 aromatic carbocycles. The fourth-order valence-corrected chi connectivity index (χ4v) is 5.99. The van der Waals surface area contributed by atoms with Gasteiger partial charge < -0.3 is 0 Å². The van der Waals surface area contributed by atoms with Gasteiger partial charge in [0.25, 0.3) is 0 Å². The number of fused-ring (bicyclic) bond motifs is 10. The van der Waals surface area contributed by atoms with Crippen molar-refractivity contribution in [3.05, 3.63) is 155 Å². The van der Waals surface area contributed by atoms with Crippen LogP contribution in [0.3, 0.4) is 0 Å². The third-order valence-electron chi connectivity index (χ3n) is 7.30. The molecule has 2 aliphatic carbocycles. The highest BCUT2D eigenvalue weighted by Crippen LogP contribution is 2.62. The second-order valence-corrected chi connectivity index (χ2v) is 8.84. The van der Waals surface area contributed by atoms with E-state index in [1.807, 2.05) is 36.4 Å². The summed E-state index contributed by atoms with van der Waals surface area (Å²) in [4.78, 5) is 13.4. The van der Waals surface area contributed by atoms with E-state index in [9.17, 15) is 4.79 Å². The monoisotopic (exact) mass is 420 g/mol. The van der Waals surface area contributed by atoms with Gasteiger partial charge in [-0.15, -0.1) is 0 Å². The molecule has 0 heterocycles. The van der Waals surface area contributed by atoms with E-state index in [0.717, 1.165) is 5.56 Å². The predicted octanol–water partition coefficient (Wildman–Crippen LogP) is 7.26. The molecule has 0 fully saturated rings. The Kier molecular flexibility index (Phi) is 3.69. The van der Waals surface area contributed by atoms with Crippen LogP contribution in [0.25, 0.3) is 22.3 Å². The number of hydrogen-bond acceptors (Lipinski definition) is 1. The molecule has 0 amide bonds. The largest absolute Gasteiger partial charge is 0.289 e. The average Bonchev–Trinajstić information content (AvgIpc) is 3.36. The van der Waals surface area contributed by atoms with Crippen molar-refractivity contribution in [1.82, 2.24) is 0 Å². The molecule has 1 heteroatoms. The van der Waals surface area contributed by atoms with Crippen LogP contribution in [-0.4, -0.2) is 5.78 Å². The SMILES string of the molecule is O=C(c1ccccc1)c1ccc2c(c1)C1(c3ccccc3-c3ccccc31)c1ccccc1-2. The van der Waals surface area contributed by atoms with E-state index < -0.39 is 5.41 Å². The van der Waals surface area contributed by atoms with Crippen LogP contribution in [0.2, 0.25) is 0 Å². The lowest BCUT2D eigenvalue weighted by Crippen LogP contribution is -2.26. The minimum atomic E-state index is -0.411. The van der Waals surface area contributed by atoms with Gasteiger partial charge >= 0.3 is 0 Å². The molecule has 5 aromatic rings. The smallest absolute Gasteiger partial charge is 0.193 e. The van der Waals surface area contributed by atoms with Crippen LogP contribution in [0, 0.1) is 0 Å². The zero-order valence-electron chi connectivity index (χ0n) is 18.0. The molecule has 0 radical (unpaired) electrons. The predicted molar refractivity (Wildman–Crippen MR) is 133 cm³/mol. The zero-order valence-corrected chi connectivity index (χ0v) is 18.0. The van der Waals surface area contributed by atoms with Gasteiger partial charge in [-0.3, -0.25) is 4.79 Å². The first-order valence-electron chi connectivity index (χ1n) is 11.3. The Morgan fingerprint density at radius 1 is 0.424 bits per heavy atom. The number of hydrogen-bond donors (Lipinski definition) is 0. The minimum Gasteiger partial charge on any atom is -0.289 e. The van der Waals surface area contributed by atoms with Gasteiger partial charge in [-0.05, 0) is 50.6 Å². The summed E-state index contributed by atoms with van der Waals surface area (Å²) in [6, 6.07) is 42.0. The van der Waals surface area contributed by atoms with E-state index in [1.165, 1.54) is 44.5 Å². The molecular formula is C32H20O. The molecule has 0 saturated carbocycles. The van der Waals surface area contributed by atoms with E-state index in [-0.39, 0.29) is 5.78 Å². The average molecular weight is 421 g/mol. The summed E-state index contributed by atoms with van der Waals surface area (Å²) in [6.45, 7) is 0. The van der Waals surface area contributed by atoms with E-state index >= 15 is 0 Å². The Bertz CT molecular complexity index is 1510. The molecule has 0 unspecified atom stereocenters. The molecule has 1 spiro atoms. The van der Waals surface area contributed by atoms with E-state index in [0.29, 0.717) is 5.56 Å². The van der Waals surface area contributed by atoms with Gasteiger partial charge in [0.1, 0.15) is 0 Å². The molecule has 154 valence electrons. The van der Waals surface area contributed by atoms with E-state index in [1.54, 1.807) is 0 Å². The van der Waals surface area contributed by atoms with Crippen LogP contribution in [-0.2, 0) is 5.41 Å².